The van der Waals surface area contributed by atoms with E-state index in [0.29, 0.717) is 6.04 Å². The Bertz CT molecular complexity index is 1270. The number of ether oxygens (including phenoxy) is 2. The van der Waals surface area contributed by atoms with E-state index >= 15 is 0 Å². The first kappa shape index (κ1) is 20.4. The normalized spacial score (nSPS) is 18.3. The van der Waals surface area contributed by atoms with Crippen molar-refractivity contribution in [2.45, 2.75) is 37.8 Å². The van der Waals surface area contributed by atoms with Gasteiger partial charge in [-0.25, -0.2) is 9.97 Å². The number of para-hydroxylation sites is 1. The van der Waals surface area contributed by atoms with Gasteiger partial charge >= 0.3 is 0 Å². The second-order valence-corrected chi connectivity index (χ2v) is 9.04. The molecule has 2 N–H and O–H groups in total. The van der Waals surface area contributed by atoms with Gasteiger partial charge in [0.15, 0.2) is 0 Å². The number of fused-ring (bicyclic) bond motifs is 2. The van der Waals surface area contributed by atoms with Crippen LogP contribution in [0.2, 0.25) is 0 Å². The Kier molecular flexibility index (Phi) is 5.36. The molecule has 7 heteroatoms. The SMILES string of the molecule is NC1CCN(c2cccc3ccc(-n4cnc5cc(OC6CCOCC6)ccc54)nc23)CC1. The predicted molar refractivity (Wildman–Crippen MR) is 130 cm³/mol. The topological polar surface area (TPSA) is 78.4 Å². The summed E-state index contributed by atoms with van der Waals surface area (Å²) in [6, 6.07) is 17.0. The molecule has 7 nitrogen and oxygen atoms in total. The summed E-state index contributed by atoms with van der Waals surface area (Å²) in [5.74, 6) is 1.72. The smallest absolute Gasteiger partial charge is 0.139 e. The minimum Gasteiger partial charge on any atom is -0.490 e. The number of rotatable bonds is 4. The Morgan fingerprint density at radius 1 is 0.970 bits per heavy atom. The van der Waals surface area contributed by atoms with E-state index in [0.717, 1.165) is 85.5 Å². The van der Waals surface area contributed by atoms with Crippen molar-refractivity contribution in [3.8, 4) is 11.6 Å². The molecule has 0 bridgehead atoms. The van der Waals surface area contributed by atoms with E-state index in [1.54, 1.807) is 0 Å². The van der Waals surface area contributed by atoms with E-state index in [-0.39, 0.29) is 6.10 Å². The van der Waals surface area contributed by atoms with Gasteiger partial charge in [0.25, 0.3) is 0 Å². The van der Waals surface area contributed by atoms with Gasteiger partial charge in [0.05, 0.1) is 35.5 Å². The maximum atomic E-state index is 6.17. The third-order valence-corrected chi connectivity index (χ3v) is 6.80. The molecule has 2 aliphatic rings. The summed E-state index contributed by atoms with van der Waals surface area (Å²) in [6.45, 7) is 3.47. The fourth-order valence-corrected chi connectivity index (χ4v) is 4.89. The molecule has 2 saturated heterocycles. The lowest BCUT2D eigenvalue weighted by molar-refractivity contribution is 0.0256. The molecular weight excluding hydrogens is 414 g/mol. The summed E-state index contributed by atoms with van der Waals surface area (Å²) >= 11 is 0. The average molecular weight is 444 g/mol. The highest BCUT2D eigenvalue weighted by Crippen LogP contribution is 2.30. The Morgan fingerprint density at radius 2 is 1.82 bits per heavy atom. The van der Waals surface area contributed by atoms with Gasteiger partial charge in [-0.1, -0.05) is 12.1 Å². The zero-order chi connectivity index (χ0) is 22.2. The van der Waals surface area contributed by atoms with Crippen LogP contribution in [0.15, 0.2) is 54.9 Å². The molecule has 4 heterocycles. The molecule has 6 rings (SSSR count). The van der Waals surface area contributed by atoms with Crippen molar-refractivity contribution in [2.24, 2.45) is 5.73 Å². The third kappa shape index (κ3) is 4.03. The number of piperidine rings is 1. The average Bonchev–Trinajstić information content (AvgIpc) is 3.28. The Hall–Kier alpha value is -3.16. The van der Waals surface area contributed by atoms with Crippen LogP contribution in [0.3, 0.4) is 0 Å². The molecule has 0 spiro atoms. The molecule has 2 aromatic carbocycles. The maximum absolute atomic E-state index is 6.17. The van der Waals surface area contributed by atoms with E-state index in [2.05, 4.69) is 50.8 Å². The second kappa shape index (κ2) is 8.65. The van der Waals surface area contributed by atoms with Crippen LogP contribution < -0.4 is 15.4 Å². The van der Waals surface area contributed by atoms with Gasteiger partial charge in [0, 0.05) is 43.4 Å². The van der Waals surface area contributed by atoms with Crippen LogP contribution in [0.25, 0.3) is 27.8 Å². The molecule has 33 heavy (non-hydrogen) atoms. The number of anilines is 1. The summed E-state index contributed by atoms with van der Waals surface area (Å²) in [5.41, 5.74) is 10.2. The molecule has 170 valence electrons. The van der Waals surface area contributed by atoms with Crippen LogP contribution in [-0.4, -0.2) is 53.0 Å². The van der Waals surface area contributed by atoms with Crippen molar-refractivity contribution < 1.29 is 9.47 Å². The minimum absolute atomic E-state index is 0.211. The summed E-state index contributed by atoms with van der Waals surface area (Å²) in [6.07, 6.45) is 5.95. The summed E-state index contributed by atoms with van der Waals surface area (Å²) in [7, 11) is 0. The lowest BCUT2D eigenvalue weighted by Gasteiger charge is -2.32. The lowest BCUT2D eigenvalue weighted by atomic mass is 10.0. The fourth-order valence-electron chi connectivity index (χ4n) is 4.89. The van der Waals surface area contributed by atoms with Gasteiger partial charge in [0.2, 0.25) is 0 Å². The predicted octanol–water partition coefficient (Wildman–Crippen LogP) is 4.06. The monoisotopic (exact) mass is 443 g/mol. The van der Waals surface area contributed by atoms with Crippen molar-refractivity contribution in [3.63, 3.8) is 0 Å². The first-order valence-corrected chi connectivity index (χ1v) is 11.9. The fraction of sp³-hybridized carbons (Fsp3) is 0.385. The van der Waals surface area contributed by atoms with Crippen molar-refractivity contribution in [3.05, 3.63) is 54.9 Å². The molecular formula is C26H29N5O2. The van der Waals surface area contributed by atoms with Crippen molar-refractivity contribution in [2.75, 3.05) is 31.2 Å². The molecule has 0 aliphatic carbocycles. The first-order valence-electron chi connectivity index (χ1n) is 11.9. The van der Waals surface area contributed by atoms with Gasteiger partial charge in [-0.2, -0.15) is 0 Å². The molecule has 0 unspecified atom stereocenters. The number of nitrogens with zero attached hydrogens (tertiary/aromatic N) is 4. The number of imidazole rings is 1. The van der Waals surface area contributed by atoms with E-state index in [9.17, 15) is 0 Å². The Balaban J connectivity index is 1.33. The number of hydrogen-bond acceptors (Lipinski definition) is 6. The summed E-state index contributed by atoms with van der Waals surface area (Å²) < 4.78 is 13.6. The molecule has 2 aromatic heterocycles. The Morgan fingerprint density at radius 3 is 2.67 bits per heavy atom. The Labute approximate surface area is 193 Å². The zero-order valence-corrected chi connectivity index (χ0v) is 18.7. The minimum atomic E-state index is 0.211. The molecule has 2 fully saturated rings. The highest BCUT2D eigenvalue weighted by atomic mass is 16.5. The van der Waals surface area contributed by atoms with Crippen molar-refractivity contribution in [1.82, 2.24) is 14.5 Å². The van der Waals surface area contributed by atoms with Crippen LogP contribution in [0.5, 0.6) is 5.75 Å². The summed E-state index contributed by atoms with van der Waals surface area (Å²) in [5, 5.41) is 1.14. The number of nitrogens with two attached hydrogens (primary N) is 1. The van der Waals surface area contributed by atoms with Gasteiger partial charge in [-0.15, -0.1) is 0 Å². The number of hydrogen-bond donors (Lipinski definition) is 1. The molecule has 0 saturated carbocycles. The van der Waals surface area contributed by atoms with Crippen LogP contribution in [0, 0.1) is 0 Å². The zero-order valence-electron chi connectivity index (χ0n) is 18.7. The van der Waals surface area contributed by atoms with Gasteiger partial charge < -0.3 is 20.1 Å². The molecule has 4 aromatic rings. The van der Waals surface area contributed by atoms with Crippen LogP contribution >= 0.6 is 0 Å². The van der Waals surface area contributed by atoms with Crippen LogP contribution in [0.1, 0.15) is 25.7 Å². The first-order chi connectivity index (χ1) is 16.2. The summed E-state index contributed by atoms with van der Waals surface area (Å²) in [4.78, 5) is 12.1. The quantitative estimate of drug-likeness (QED) is 0.513. The largest absolute Gasteiger partial charge is 0.490 e. The van der Waals surface area contributed by atoms with Crippen LogP contribution in [0.4, 0.5) is 5.69 Å². The second-order valence-electron chi connectivity index (χ2n) is 9.04. The standard InChI is InChI=1S/C26H29N5O2/c27-19-8-12-30(13-9-19)24-3-1-2-18-4-7-25(29-26(18)24)31-17-28-22-16-21(5-6-23(22)31)33-20-10-14-32-15-11-20/h1-7,16-17,19-20H,8-15,27H2. The highest BCUT2D eigenvalue weighted by Gasteiger charge is 2.19. The van der Waals surface area contributed by atoms with E-state index < -0.39 is 0 Å². The van der Waals surface area contributed by atoms with Gasteiger partial charge in [0.1, 0.15) is 24.0 Å². The molecule has 0 atom stereocenters. The number of pyridine rings is 1. The van der Waals surface area contributed by atoms with Gasteiger partial charge in [-0.3, -0.25) is 4.57 Å². The number of benzene rings is 2. The van der Waals surface area contributed by atoms with E-state index in [4.69, 9.17) is 20.2 Å². The third-order valence-electron chi connectivity index (χ3n) is 6.80. The molecule has 0 amide bonds. The van der Waals surface area contributed by atoms with E-state index in [1.165, 1.54) is 5.69 Å². The maximum Gasteiger partial charge on any atom is 0.139 e. The van der Waals surface area contributed by atoms with Gasteiger partial charge in [-0.05, 0) is 43.2 Å². The number of aromatic nitrogens is 3. The molecule has 0 radical (unpaired) electrons. The highest BCUT2D eigenvalue weighted by molar-refractivity contribution is 5.92. The van der Waals surface area contributed by atoms with Crippen molar-refractivity contribution >= 4 is 27.6 Å². The van der Waals surface area contributed by atoms with Crippen LogP contribution in [-0.2, 0) is 4.74 Å². The van der Waals surface area contributed by atoms with Crippen molar-refractivity contribution in [1.29, 1.82) is 0 Å². The molecule has 2 aliphatic heterocycles. The van der Waals surface area contributed by atoms with E-state index in [1.807, 2.05) is 18.5 Å². The lowest BCUT2D eigenvalue weighted by Crippen LogP contribution is -2.39.